The first-order chi connectivity index (χ1) is 5.91. The third-order valence-corrected chi connectivity index (χ3v) is 2.06. The Morgan fingerprint density at radius 2 is 1.79 bits per heavy atom. The standard InChI is InChI=1S/C6H13NO6.ClH/c7-6(12)4(10)3(9)2(1-8)13-5(6)11;/h2-5,8-12H,1,7H2;1H/t2-,3-,4+,5-,6-;/m1./s1. The molecule has 0 aromatic heterocycles. The molecule has 1 saturated heterocycles. The van der Waals surface area contributed by atoms with E-state index in [1.54, 1.807) is 0 Å². The summed E-state index contributed by atoms with van der Waals surface area (Å²) >= 11 is 0. The molecule has 0 aliphatic carbocycles. The smallest absolute Gasteiger partial charge is 0.200 e. The fourth-order valence-electron chi connectivity index (χ4n) is 1.13. The number of rotatable bonds is 1. The second-order valence-electron chi connectivity index (χ2n) is 3.03. The van der Waals surface area contributed by atoms with E-state index in [4.69, 9.17) is 15.9 Å². The highest BCUT2D eigenvalue weighted by Crippen LogP contribution is 2.24. The number of ether oxygens (including phenoxy) is 1. The molecule has 8 heteroatoms. The van der Waals surface area contributed by atoms with Crippen LogP contribution in [0.4, 0.5) is 0 Å². The van der Waals surface area contributed by atoms with Gasteiger partial charge in [-0.1, -0.05) is 0 Å². The molecule has 7 N–H and O–H groups in total. The first kappa shape index (κ1) is 14.0. The molecule has 86 valence electrons. The fourth-order valence-corrected chi connectivity index (χ4v) is 1.13. The lowest BCUT2D eigenvalue weighted by molar-refractivity contribution is -0.327. The van der Waals surface area contributed by atoms with Crippen molar-refractivity contribution in [3.8, 4) is 0 Å². The summed E-state index contributed by atoms with van der Waals surface area (Å²) in [6.45, 7) is -0.592. The number of hydrogen-bond acceptors (Lipinski definition) is 7. The molecule has 0 aromatic carbocycles. The number of aliphatic hydroxyl groups is 5. The molecule has 1 heterocycles. The van der Waals surface area contributed by atoms with Gasteiger partial charge in [0.1, 0.15) is 18.3 Å². The van der Waals surface area contributed by atoms with Gasteiger partial charge in [0.25, 0.3) is 0 Å². The van der Waals surface area contributed by atoms with Crippen molar-refractivity contribution in [1.29, 1.82) is 0 Å². The highest BCUT2D eigenvalue weighted by atomic mass is 35.5. The molecule has 0 spiro atoms. The van der Waals surface area contributed by atoms with Gasteiger partial charge in [-0.25, -0.2) is 0 Å². The van der Waals surface area contributed by atoms with Crippen LogP contribution in [0.25, 0.3) is 0 Å². The molecule has 1 fully saturated rings. The molecule has 1 rings (SSSR count). The molecule has 0 aromatic rings. The van der Waals surface area contributed by atoms with Gasteiger partial charge >= 0.3 is 0 Å². The lowest BCUT2D eigenvalue weighted by atomic mass is 9.94. The number of nitrogens with two attached hydrogens (primary N) is 1. The summed E-state index contributed by atoms with van der Waals surface area (Å²) in [5.41, 5.74) is 2.64. The van der Waals surface area contributed by atoms with E-state index in [1.165, 1.54) is 0 Å². The average molecular weight is 232 g/mol. The zero-order valence-corrected chi connectivity index (χ0v) is 7.96. The Bertz CT molecular complexity index is 191. The Balaban J connectivity index is 0.00000169. The predicted molar refractivity (Wildman–Crippen MR) is 46.4 cm³/mol. The van der Waals surface area contributed by atoms with Crippen LogP contribution < -0.4 is 5.73 Å². The van der Waals surface area contributed by atoms with Crippen LogP contribution in [-0.4, -0.2) is 62.5 Å². The molecule has 0 radical (unpaired) electrons. The largest absolute Gasteiger partial charge is 0.394 e. The SMILES string of the molecule is Cl.N[C@]1(O)[C@H](O)O[C@H](CO)[C@@H](O)[C@@H]1O. The van der Waals surface area contributed by atoms with Crippen LogP contribution in [0.1, 0.15) is 0 Å². The highest BCUT2D eigenvalue weighted by Gasteiger charge is 2.51. The van der Waals surface area contributed by atoms with Gasteiger partial charge in [-0.05, 0) is 0 Å². The minimum absolute atomic E-state index is 0. The lowest BCUT2D eigenvalue weighted by Crippen LogP contribution is -2.70. The summed E-state index contributed by atoms with van der Waals surface area (Å²) in [7, 11) is 0. The lowest BCUT2D eigenvalue weighted by Gasteiger charge is -2.43. The normalized spacial score (nSPS) is 48.4. The van der Waals surface area contributed by atoms with Crippen molar-refractivity contribution >= 4 is 12.4 Å². The monoisotopic (exact) mass is 231 g/mol. The van der Waals surface area contributed by atoms with Crippen LogP contribution in [0.15, 0.2) is 0 Å². The minimum Gasteiger partial charge on any atom is -0.394 e. The third-order valence-electron chi connectivity index (χ3n) is 2.06. The van der Waals surface area contributed by atoms with E-state index in [0.29, 0.717) is 0 Å². The van der Waals surface area contributed by atoms with Crippen molar-refractivity contribution in [1.82, 2.24) is 0 Å². The highest BCUT2D eigenvalue weighted by molar-refractivity contribution is 5.85. The van der Waals surface area contributed by atoms with Crippen molar-refractivity contribution in [3.05, 3.63) is 0 Å². The van der Waals surface area contributed by atoms with Crippen LogP contribution in [-0.2, 0) is 4.74 Å². The van der Waals surface area contributed by atoms with E-state index >= 15 is 0 Å². The Morgan fingerprint density at radius 3 is 2.21 bits per heavy atom. The van der Waals surface area contributed by atoms with Gasteiger partial charge in [0.2, 0.25) is 6.29 Å². The summed E-state index contributed by atoms with van der Waals surface area (Å²) in [6, 6.07) is 0. The van der Waals surface area contributed by atoms with Crippen LogP contribution in [0, 0.1) is 0 Å². The van der Waals surface area contributed by atoms with E-state index in [0.717, 1.165) is 0 Å². The quantitative estimate of drug-likeness (QED) is 0.258. The Labute approximate surface area is 86.1 Å². The molecule has 5 atom stereocenters. The van der Waals surface area contributed by atoms with Gasteiger partial charge in [-0.2, -0.15) is 0 Å². The summed E-state index contributed by atoms with van der Waals surface area (Å²) in [6.07, 6.45) is -6.31. The van der Waals surface area contributed by atoms with Crippen molar-refractivity contribution in [3.63, 3.8) is 0 Å². The van der Waals surface area contributed by atoms with Crippen LogP contribution in [0.3, 0.4) is 0 Å². The maximum Gasteiger partial charge on any atom is 0.200 e. The van der Waals surface area contributed by atoms with Crippen molar-refractivity contribution in [2.75, 3.05) is 6.61 Å². The Kier molecular flexibility index (Phi) is 4.69. The van der Waals surface area contributed by atoms with Gasteiger partial charge in [0, 0.05) is 0 Å². The second-order valence-corrected chi connectivity index (χ2v) is 3.03. The molecular formula is C6H14ClNO6. The van der Waals surface area contributed by atoms with E-state index in [9.17, 15) is 15.3 Å². The molecule has 7 nitrogen and oxygen atoms in total. The predicted octanol–water partition coefficient (Wildman–Crippen LogP) is -3.51. The van der Waals surface area contributed by atoms with Crippen molar-refractivity contribution < 1.29 is 30.3 Å². The summed E-state index contributed by atoms with van der Waals surface area (Å²) < 4.78 is 4.55. The van der Waals surface area contributed by atoms with Gasteiger partial charge in [-0.15, -0.1) is 12.4 Å². The number of hydrogen-bond donors (Lipinski definition) is 6. The molecular weight excluding hydrogens is 218 g/mol. The molecule has 0 unspecified atom stereocenters. The number of aliphatic hydroxyl groups excluding tert-OH is 4. The summed E-state index contributed by atoms with van der Waals surface area (Å²) in [5, 5.41) is 45.3. The molecule has 0 bridgehead atoms. The average Bonchev–Trinajstić information content (AvgIpc) is 2.09. The van der Waals surface area contributed by atoms with Gasteiger partial charge < -0.3 is 30.3 Å². The molecule has 14 heavy (non-hydrogen) atoms. The van der Waals surface area contributed by atoms with Gasteiger partial charge in [0.05, 0.1) is 6.61 Å². The van der Waals surface area contributed by atoms with Crippen LogP contribution >= 0.6 is 12.4 Å². The Morgan fingerprint density at radius 1 is 1.29 bits per heavy atom. The van der Waals surface area contributed by atoms with E-state index in [1.807, 2.05) is 0 Å². The first-order valence-corrected chi connectivity index (χ1v) is 3.73. The zero-order chi connectivity index (χ0) is 10.2. The van der Waals surface area contributed by atoms with Gasteiger partial charge in [-0.3, -0.25) is 5.73 Å². The van der Waals surface area contributed by atoms with Crippen LogP contribution in [0.2, 0.25) is 0 Å². The van der Waals surface area contributed by atoms with E-state index < -0.39 is 36.9 Å². The molecule has 1 aliphatic heterocycles. The zero-order valence-electron chi connectivity index (χ0n) is 7.15. The fraction of sp³-hybridized carbons (Fsp3) is 1.00. The first-order valence-electron chi connectivity index (χ1n) is 3.73. The number of halogens is 1. The minimum atomic E-state index is -2.43. The van der Waals surface area contributed by atoms with Crippen molar-refractivity contribution in [2.45, 2.75) is 30.3 Å². The molecule has 0 amide bonds. The third kappa shape index (κ3) is 2.15. The van der Waals surface area contributed by atoms with E-state index in [-0.39, 0.29) is 12.4 Å². The maximum atomic E-state index is 9.21. The maximum absolute atomic E-state index is 9.21. The summed E-state index contributed by atoms with van der Waals surface area (Å²) in [5.74, 6) is 0. The molecule has 1 aliphatic rings. The van der Waals surface area contributed by atoms with Crippen LogP contribution in [0.5, 0.6) is 0 Å². The summed E-state index contributed by atoms with van der Waals surface area (Å²) in [4.78, 5) is 0. The second kappa shape index (κ2) is 4.69. The van der Waals surface area contributed by atoms with Crippen molar-refractivity contribution in [2.24, 2.45) is 5.73 Å². The van der Waals surface area contributed by atoms with E-state index in [2.05, 4.69) is 4.74 Å². The Hall–Kier alpha value is 0.01000. The topological polar surface area (TPSA) is 136 Å². The van der Waals surface area contributed by atoms with Gasteiger partial charge in [0.15, 0.2) is 5.72 Å². The molecule has 0 saturated carbocycles.